The fraction of sp³-hybridized carbons (Fsp3) is 0.389. The molecule has 3 aromatic carbocycles. The van der Waals surface area contributed by atoms with Crippen LogP contribution >= 0.6 is 0 Å². The molecule has 6 rings (SSSR count). The van der Waals surface area contributed by atoms with Crippen molar-refractivity contribution in [3.05, 3.63) is 77.1 Å². The fourth-order valence-corrected chi connectivity index (χ4v) is 6.62. The number of fused-ring (bicyclic) bond motifs is 2. The molecule has 1 atom stereocenters. The number of benzene rings is 3. The molecule has 0 radical (unpaired) electrons. The number of amides is 2. The monoisotopic (exact) mass is 627 g/mol. The first kappa shape index (κ1) is 31.5. The minimum Gasteiger partial charge on any atom is -0.342 e. The summed E-state index contributed by atoms with van der Waals surface area (Å²) in [4.78, 5) is 46.2. The second kappa shape index (κ2) is 13.1. The maximum atomic E-state index is 15.2. The Kier molecular flexibility index (Phi) is 8.99. The number of ketones is 1. The lowest BCUT2D eigenvalue weighted by Crippen LogP contribution is -2.31. The molecule has 1 aliphatic carbocycles. The van der Waals surface area contributed by atoms with Gasteiger partial charge in [0.15, 0.2) is 11.6 Å². The second-order valence-electron chi connectivity index (χ2n) is 13.0. The van der Waals surface area contributed by atoms with E-state index in [-0.39, 0.29) is 53.4 Å². The van der Waals surface area contributed by atoms with Crippen LogP contribution in [0.25, 0.3) is 22.2 Å². The third-order valence-electron chi connectivity index (χ3n) is 9.43. The van der Waals surface area contributed by atoms with Crippen molar-refractivity contribution in [2.75, 3.05) is 17.2 Å². The van der Waals surface area contributed by atoms with Crippen LogP contribution in [0.4, 0.5) is 20.2 Å². The zero-order chi connectivity index (χ0) is 32.5. The minimum atomic E-state index is -0.999. The molecule has 8 nitrogen and oxygen atoms in total. The molecule has 2 heterocycles. The van der Waals surface area contributed by atoms with Crippen LogP contribution in [0.5, 0.6) is 0 Å². The number of rotatable bonds is 10. The number of halogens is 2. The number of hydrogen-bond donors (Lipinski definition) is 4. The summed E-state index contributed by atoms with van der Waals surface area (Å²) < 4.78 is 30.2. The second-order valence-corrected chi connectivity index (χ2v) is 13.0. The Balaban J connectivity index is 1.22. The number of nitrogens with zero attached hydrogens (tertiary/aromatic N) is 1. The van der Waals surface area contributed by atoms with Crippen LogP contribution in [0.15, 0.2) is 48.5 Å². The summed E-state index contributed by atoms with van der Waals surface area (Å²) in [5.41, 5.74) is 9.68. The lowest BCUT2D eigenvalue weighted by Gasteiger charge is -2.27. The average Bonchev–Trinajstić information content (AvgIpc) is 3.65. The number of imidazole rings is 1. The first-order valence-electron chi connectivity index (χ1n) is 16.0. The Morgan fingerprint density at radius 3 is 2.46 bits per heavy atom. The molecule has 0 unspecified atom stereocenters. The molecule has 5 N–H and O–H groups in total. The van der Waals surface area contributed by atoms with Gasteiger partial charge in [0.25, 0.3) is 0 Å². The molecule has 0 saturated heterocycles. The fourth-order valence-electron chi connectivity index (χ4n) is 6.62. The van der Waals surface area contributed by atoms with E-state index in [1.165, 1.54) is 0 Å². The van der Waals surface area contributed by atoms with Gasteiger partial charge in [0, 0.05) is 41.1 Å². The van der Waals surface area contributed by atoms with Gasteiger partial charge in [-0.05, 0) is 79.5 Å². The van der Waals surface area contributed by atoms with Gasteiger partial charge in [-0.3, -0.25) is 14.4 Å². The van der Waals surface area contributed by atoms with Crippen molar-refractivity contribution in [2.24, 2.45) is 23.5 Å². The SMILES string of the molecule is CC(C)c1nc2c(F)c(F)c(-c3ccc(C[C@H](CC(=O)C4CCC(CN)CC4)C(=O)Nc4ccc5c(c4)NC(=O)C5)cc3)cc2[nH]1. The summed E-state index contributed by atoms with van der Waals surface area (Å²) in [6.07, 6.45) is 4.03. The molecular formula is C36H39F2N5O3. The largest absolute Gasteiger partial charge is 0.342 e. The maximum Gasteiger partial charge on any atom is 0.228 e. The highest BCUT2D eigenvalue weighted by atomic mass is 19.2. The highest BCUT2D eigenvalue weighted by molar-refractivity contribution is 6.01. The normalized spacial score (nSPS) is 18.4. The molecule has 2 aliphatic rings. The van der Waals surface area contributed by atoms with E-state index in [0.717, 1.165) is 36.8 Å². The molecule has 2 amide bonds. The highest BCUT2D eigenvalue weighted by Gasteiger charge is 2.30. The standard InChI is InChI=1S/C36H39F2N5O3/c1-19(2)35-42-29-17-27(32(37)33(38)34(29)43-35)22-7-3-20(4-8-22)13-25(14-30(44)23-9-5-21(18-39)6-10-23)36(46)40-26-12-11-24-15-31(45)41-28(24)16-26/h3-4,7-8,11-12,16-17,19,21,23,25H,5-6,9-10,13-15,18,39H2,1-2H3,(H,40,46)(H,41,45)(H,42,43)/t21?,23?,25-/m1/s1. The number of anilines is 2. The Labute approximate surface area is 266 Å². The molecule has 0 spiro atoms. The number of aromatic nitrogens is 2. The predicted octanol–water partition coefficient (Wildman–Crippen LogP) is 6.65. The quantitative estimate of drug-likeness (QED) is 0.157. The third-order valence-corrected chi connectivity index (χ3v) is 9.43. The predicted molar refractivity (Wildman–Crippen MR) is 174 cm³/mol. The summed E-state index contributed by atoms with van der Waals surface area (Å²) in [6.45, 7) is 4.46. The number of nitrogens with two attached hydrogens (primary N) is 1. The molecule has 240 valence electrons. The summed E-state index contributed by atoms with van der Waals surface area (Å²) in [5, 5.41) is 5.75. The smallest absolute Gasteiger partial charge is 0.228 e. The molecule has 1 fully saturated rings. The highest BCUT2D eigenvalue weighted by Crippen LogP contribution is 2.33. The lowest BCUT2D eigenvalue weighted by molar-refractivity contribution is -0.129. The number of carbonyl (C=O) groups excluding carboxylic acids is 3. The van der Waals surface area contributed by atoms with Gasteiger partial charge in [0.1, 0.15) is 17.1 Å². The van der Waals surface area contributed by atoms with Gasteiger partial charge in [-0.25, -0.2) is 13.8 Å². The van der Waals surface area contributed by atoms with Crippen molar-refractivity contribution in [3.8, 4) is 11.1 Å². The maximum absolute atomic E-state index is 15.2. The van der Waals surface area contributed by atoms with E-state index < -0.39 is 17.6 Å². The summed E-state index contributed by atoms with van der Waals surface area (Å²) in [7, 11) is 0. The molecule has 0 bridgehead atoms. The van der Waals surface area contributed by atoms with Crippen molar-refractivity contribution in [2.45, 2.75) is 64.7 Å². The molecule has 1 saturated carbocycles. The molecule has 10 heteroatoms. The minimum absolute atomic E-state index is 0.0256. The van der Waals surface area contributed by atoms with Gasteiger partial charge < -0.3 is 21.4 Å². The van der Waals surface area contributed by atoms with E-state index in [4.69, 9.17) is 5.73 Å². The number of hydrogen-bond acceptors (Lipinski definition) is 5. The number of nitrogens with one attached hydrogen (secondary N) is 3. The van der Waals surface area contributed by atoms with Crippen LogP contribution in [-0.4, -0.2) is 34.1 Å². The van der Waals surface area contributed by atoms with E-state index in [9.17, 15) is 18.8 Å². The molecule has 46 heavy (non-hydrogen) atoms. The van der Waals surface area contributed by atoms with Gasteiger partial charge in [-0.1, -0.05) is 44.2 Å². The molecule has 1 aromatic heterocycles. The zero-order valence-corrected chi connectivity index (χ0v) is 26.1. The Morgan fingerprint density at radius 2 is 1.76 bits per heavy atom. The third kappa shape index (κ3) is 6.58. The van der Waals surface area contributed by atoms with Crippen molar-refractivity contribution in [3.63, 3.8) is 0 Å². The van der Waals surface area contributed by atoms with Gasteiger partial charge in [0.05, 0.1) is 11.9 Å². The zero-order valence-electron chi connectivity index (χ0n) is 26.1. The average molecular weight is 628 g/mol. The van der Waals surface area contributed by atoms with Gasteiger partial charge in [-0.2, -0.15) is 0 Å². The Bertz CT molecular complexity index is 1790. The van der Waals surface area contributed by atoms with E-state index >= 15 is 4.39 Å². The first-order chi connectivity index (χ1) is 22.1. The first-order valence-corrected chi connectivity index (χ1v) is 16.0. The summed E-state index contributed by atoms with van der Waals surface area (Å²) >= 11 is 0. The topological polar surface area (TPSA) is 130 Å². The van der Waals surface area contributed by atoms with E-state index in [1.54, 1.807) is 42.5 Å². The number of H-pyrrole nitrogens is 1. The number of aromatic amines is 1. The van der Waals surface area contributed by atoms with Gasteiger partial charge >= 0.3 is 0 Å². The van der Waals surface area contributed by atoms with Gasteiger partial charge in [-0.15, -0.1) is 0 Å². The van der Waals surface area contributed by atoms with Crippen molar-refractivity contribution >= 4 is 40.0 Å². The van der Waals surface area contributed by atoms with Gasteiger partial charge in [0.2, 0.25) is 11.8 Å². The molecule has 4 aromatic rings. The number of carbonyl (C=O) groups is 3. The van der Waals surface area contributed by atoms with Crippen LogP contribution in [0, 0.1) is 29.4 Å². The van der Waals surface area contributed by atoms with Crippen LogP contribution in [-0.2, 0) is 27.2 Å². The van der Waals surface area contributed by atoms with Crippen LogP contribution in [0.1, 0.15) is 68.8 Å². The van der Waals surface area contributed by atoms with E-state index in [2.05, 4.69) is 20.6 Å². The molecular weight excluding hydrogens is 588 g/mol. The van der Waals surface area contributed by atoms with Crippen molar-refractivity contribution in [1.29, 1.82) is 0 Å². The van der Waals surface area contributed by atoms with E-state index in [0.29, 0.717) is 47.2 Å². The Morgan fingerprint density at radius 1 is 1.02 bits per heavy atom. The summed E-state index contributed by atoms with van der Waals surface area (Å²) in [5.74, 6) is -2.00. The lowest BCUT2D eigenvalue weighted by atomic mass is 9.77. The number of Topliss-reactive ketones (excluding diaryl/α,β-unsaturated/α-hetero) is 1. The Hall–Kier alpha value is -4.44. The van der Waals surface area contributed by atoms with Crippen LogP contribution in [0.3, 0.4) is 0 Å². The van der Waals surface area contributed by atoms with Crippen LogP contribution in [0.2, 0.25) is 0 Å². The van der Waals surface area contributed by atoms with E-state index in [1.807, 2.05) is 19.9 Å². The van der Waals surface area contributed by atoms with Crippen LogP contribution < -0.4 is 16.4 Å². The summed E-state index contributed by atoms with van der Waals surface area (Å²) in [6, 6.07) is 13.8. The van der Waals surface area contributed by atoms with Crippen molar-refractivity contribution < 1.29 is 23.2 Å². The van der Waals surface area contributed by atoms with Crippen molar-refractivity contribution in [1.82, 2.24) is 9.97 Å². The molecule has 1 aliphatic heterocycles.